The molecule has 3 rings (SSSR count). The van der Waals surface area contributed by atoms with Crippen LogP contribution < -0.4 is 10.2 Å². The van der Waals surface area contributed by atoms with Crippen LogP contribution in [0.4, 0.5) is 5.69 Å². The number of amides is 1. The molecule has 0 radical (unpaired) electrons. The molecule has 2 aliphatic heterocycles. The highest BCUT2D eigenvalue weighted by atomic mass is 35.5. The third-order valence-corrected chi connectivity index (χ3v) is 4.61. The fourth-order valence-electron chi connectivity index (χ4n) is 3.43. The Kier molecular flexibility index (Phi) is 4.30. The van der Waals surface area contributed by atoms with Gasteiger partial charge in [0.25, 0.3) is 0 Å². The van der Waals surface area contributed by atoms with Gasteiger partial charge in [-0.05, 0) is 58.8 Å². The molecule has 0 atom stereocenters. The minimum absolute atomic E-state index is 0.0837. The van der Waals surface area contributed by atoms with E-state index in [1.807, 2.05) is 0 Å². The number of piperidine rings is 1. The molecule has 0 unspecified atom stereocenters. The van der Waals surface area contributed by atoms with Crippen molar-refractivity contribution in [3.8, 4) is 0 Å². The summed E-state index contributed by atoms with van der Waals surface area (Å²) in [5.74, 6) is -0.512. The number of hydrogen-bond donors (Lipinski definition) is 1. The number of esters is 1. The third kappa shape index (κ3) is 3.00. The Morgan fingerprint density at radius 2 is 2.04 bits per heavy atom. The average Bonchev–Trinajstić information content (AvgIpc) is 2.69. The number of nitrogens with one attached hydrogen (secondary N) is 1. The number of hydrogen-bond acceptors (Lipinski definition) is 5. The van der Waals surface area contributed by atoms with Crippen molar-refractivity contribution in [1.82, 2.24) is 10.3 Å². The number of rotatable bonds is 2. The molecule has 1 spiro atoms. The van der Waals surface area contributed by atoms with E-state index < -0.39 is 17.0 Å². The Morgan fingerprint density at radius 1 is 1.38 bits per heavy atom. The summed E-state index contributed by atoms with van der Waals surface area (Å²) in [6.07, 6.45) is 1.30. The van der Waals surface area contributed by atoms with Crippen molar-refractivity contribution >= 4 is 29.2 Å². The molecular formula is C17H22ClN3O3. The number of anilines is 1. The highest BCUT2D eigenvalue weighted by Gasteiger charge is 2.53. The van der Waals surface area contributed by atoms with Crippen molar-refractivity contribution < 1.29 is 14.3 Å². The maximum absolute atomic E-state index is 13.2. The van der Waals surface area contributed by atoms with Gasteiger partial charge in [0.2, 0.25) is 5.91 Å². The number of ether oxygens (including phenoxy) is 1. The first-order valence-electron chi connectivity index (χ1n) is 8.14. The Bertz CT molecular complexity index is 678. The van der Waals surface area contributed by atoms with Crippen LogP contribution in [-0.4, -0.2) is 42.1 Å². The van der Waals surface area contributed by atoms with E-state index in [2.05, 4.69) is 10.3 Å². The number of carbonyl (C=O) groups is 2. The molecule has 0 aromatic carbocycles. The van der Waals surface area contributed by atoms with E-state index in [1.165, 1.54) is 4.90 Å². The minimum Gasteiger partial charge on any atom is -0.459 e. The fraction of sp³-hybridized carbons (Fsp3) is 0.588. The number of pyridine rings is 1. The van der Waals surface area contributed by atoms with Gasteiger partial charge in [0.1, 0.15) is 17.3 Å². The molecule has 1 amide bonds. The zero-order chi connectivity index (χ0) is 17.5. The van der Waals surface area contributed by atoms with Gasteiger partial charge in [0.05, 0.1) is 16.8 Å². The highest BCUT2D eigenvalue weighted by Crippen LogP contribution is 2.46. The summed E-state index contributed by atoms with van der Waals surface area (Å²) < 4.78 is 5.37. The maximum atomic E-state index is 13.2. The summed E-state index contributed by atoms with van der Waals surface area (Å²) in [6, 6.07) is 3.42. The molecule has 0 saturated carbocycles. The zero-order valence-electron chi connectivity index (χ0n) is 14.2. The van der Waals surface area contributed by atoms with E-state index in [-0.39, 0.29) is 12.5 Å². The number of nitrogens with zero attached hydrogens (tertiary/aromatic N) is 2. The summed E-state index contributed by atoms with van der Waals surface area (Å²) >= 11 is 6.07. The summed E-state index contributed by atoms with van der Waals surface area (Å²) in [6.45, 7) is 6.78. The lowest BCUT2D eigenvalue weighted by Gasteiger charge is -2.32. The molecule has 1 aromatic rings. The number of aromatic nitrogens is 1. The number of halogens is 1. The van der Waals surface area contributed by atoms with Gasteiger partial charge in [0.15, 0.2) is 0 Å². The Morgan fingerprint density at radius 3 is 2.67 bits per heavy atom. The number of fused-ring (bicyclic) bond motifs is 2. The van der Waals surface area contributed by atoms with E-state index in [9.17, 15) is 9.59 Å². The van der Waals surface area contributed by atoms with Crippen LogP contribution in [0.5, 0.6) is 0 Å². The molecular weight excluding hydrogens is 330 g/mol. The van der Waals surface area contributed by atoms with Crippen LogP contribution in [0.1, 0.15) is 39.3 Å². The molecule has 24 heavy (non-hydrogen) atoms. The van der Waals surface area contributed by atoms with Crippen molar-refractivity contribution in [2.75, 3.05) is 24.5 Å². The molecule has 0 aliphatic carbocycles. The quantitative estimate of drug-likeness (QED) is 0.652. The predicted molar refractivity (Wildman–Crippen MR) is 91.2 cm³/mol. The van der Waals surface area contributed by atoms with Crippen LogP contribution in [0.2, 0.25) is 5.15 Å². The van der Waals surface area contributed by atoms with Gasteiger partial charge < -0.3 is 10.1 Å². The van der Waals surface area contributed by atoms with Gasteiger partial charge in [-0.15, -0.1) is 0 Å². The van der Waals surface area contributed by atoms with Crippen LogP contribution in [-0.2, 0) is 19.7 Å². The molecule has 1 saturated heterocycles. The lowest BCUT2D eigenvalue weighted by molar-refractivity contribution is -0.153. The molecule has 1 aromatic heterocycles. The summed E-state index contributed by atoms with van der Waals surface area (Å²) in [7, 11) is 0. The second kappa shape index (κ2) is 6.01. The van der Waals surface area contributed by atoms with E-state index in [0.717, 1.165) is 13.1 Å². The second-order valence-corrected chi connectivity index (χ2v) is 7.70. The van der Waals surface area contributed by atoms with Gasteiger partial charge >= 0.3 is 5.97 Å². The molecule has 6 nitrogen and oxygen atoms in total. The SMILES string of the molecule is CC(C)(C)OC(=O)CN1C(=O)C2(CCNCC2)c2nc(Cl)ccc21. The van der Waals surface area contributed by atoms with E-state index in [0.29, 0.717) is 29.4 Å². The summed E-state index contributed by atoms with van der Waals surface area (Å²) in [4.78, 5) is 31.3. The van der Waals surface area contributed by atoms with Crippen molar-refractivity contribution in [3.63, 3.8) is 0 Å². The lowest BCUT2D eigenvalue weighted by atomic mass is 9.76. The predicted octanol–water partition coefficient (Wildman–Crippen LogP) is 2.04. The first-order valence-corrected chi connectivity index (χ1v) is 8.52. The van der Waals surface area contributed by atoms with Gasteiger partial charge in [0, 0.05) is 0 Å². The first-order chi connectivity index (χ1) is 11.2. The van der Waals surface area contributed by atoms with Gasteiger partial charge in [-0.2, -0.15) is 0 Å². The van der Waals surface area contributed by atoms with Crippen molar-refractivity contribution in [2.45, 2.75) is 44.6 Å². The van der Waals surface area contributed by atoms with E-state index in [4.69, 9.17) is 16.3 Å². The van der Waals surface area contributed by atoms with E-state index >= 15 is 0 Å². The van der Waals surface area contributed by atoms with Crippen molar-refractivity contribution in [1.29, 1.82) is 0 Å². The van der Waals surface area contributed by atoms with Crippen LogP contribution in [0.15, 0.2) is 12.1 Å². The van der Waals surface area contributed by atoms with E-state index in [1.54, 1.807) is 32.9 Å². The minimum atomic E-state index is -0.687. The zero-order valence-corrected chi connectivity index (χ0v) is 14.9. The third-order valence-electron chi connectivity index (χ3n) is 4.40. The Hall–Kier alpha value is -1.66. The normalized spacial score (nSPS) is 19.5. The Balaban J connectivity index is 1.94. The molecule has 3 heterocycles. The Labute approximate surface area is 146 Å². The standard InChI is InChI=1S/C17H22ClN3O3/c1-16(2,3)24-13(22)10-21-11-4-5-12(18)20-14(11)17(15(21)23)6-8-19-9-7-17/h4-5,19H,6-10H2,1-3H3. The molecule has 1 fully saturated rings. The molecule has 130 valence electrons. The second-order valence-electron chi connectivity index (χ2n) is 7.31. The smallest absolute Gasteiger partial charge is 0.326 e. The van der Waals surface area contributed by atoms with Crippen LogP contribution in [0, 0.1) is 0 Å². The van der Waals surface area contributed by atoms with Crippen LogP contribution in [0.3, 0.4) is 0 Å². The fourth-order valence-corrected chi connectivity index (χ4v) is 3.58. The van der Waals surface area contributed by atoms with Gasteiger partial charge in [-0.1, -0.05) is 11.6 Å². The van der Waals surface area contributed by atoms with Crippen molar-refractivity contribution in [3.05, 3.63) is 23.0 Å². The molecule has 7 heteroatoms. The monoisotopic (exact) mass is 351 g/mol. The number of carbonyl (C=O) groups excluding carboxylic acids is 2. The maximum Gasteiger partial charge on any atom is 0.326 e. The lowest BCUT2D eigenvalue weighted by Crippen LogP contribution is -2.49. The molecule has 0 bridgehead atoms. The summed E-state index contributed by atoms with van der Waals surface area (Å²) in [5.41, 5.74) is 0.0724. The average molecular weight is 352 g/mol. The van der Waals surface area contributed by atoms with Gasteiger partial charge in [-0.25, -0.2) is 4.98 Å². The van der Waals surface area contributed by atoms with Crippen molar-refractivity contribution in [2.24, 2.45) is 0 Å². The van der Waals surface area contributed by atoms with Gasteiger partial charge in [-0.3, -0.25) is 14.5 Å². The topological polar surface area (TPSA) is 71.5 Å². The highest BCUT2D eigenvalue weighted by molar-refractivity contribution is 6.29. The summed E-state index contributed by atoms with van der Waals surface area (Å²) in [5, 5.41) is 3.63. The first kappa shape index (κ1) is 17.2. The van der Waals surface area contributed by atoms with Crippen LogP contribution >= 0.6 is 11.6 Å². The largest absolute Gasteiger partial charge is 0.459 e. The van der Waals surface area contributed by atoms with Crippen LogP contribution in [0.25, 0.3) is 0 Å². The molecule has 2 aliphatic rings. The molecule has 1 N–H and O–H groups in total.